The Bertz CT molecular complexity index is 376. The van der Waals surface area contributed by atoms with E-state index in [2.05, 4.69) is 21.2 Å². The molecule has 1 aliphatic heterocycles. The predicted octanol–water partition coefficient (Wildman–Crippen LogP) is 1.70. The van der Waals surface area contributed by atoms with Crippen molar-refractivity contribution in [2.24, 2.45) is 0 Å². The molecule has 0 radical (unpaired) electrons. The molecular weight excluding hydrogens is 234 g/mol. The van der Waals surface area contributed by atoms with Gasteiger partial charge in [0.25, 0.3) is 5.91 Å². The summed E-state index contributed by atoms with van der Waals surface area (Å²) in [5.74, 6) is 0.719. The molecule has 1 N–H and O–H groups in total. The van der Waals surface area contributed by atoms with Gasteiger partial charge in [-0.15, -0.1) is 0 Å². The monoisotopic (exact) mass is 241 g/mol. The number of benzene rings is 1. The lowest BCUT2D eigenvalue weighted by atomic mass is 10.1. The Morgan fingerprint density at radius 1 is 1.54 bits per heavy atom. The van der Waals surface area contributed by atoms with E-state index in [9.17, 15) is 4.79 Å². The number of ether oxygens (including phenoxy) is 1. The zero-order chi connectivity index (χ0) is 9.42. The molecule has 0 aliphatic carbocycles. The number of carbonyl (C=O) groups is 1. The van der Waals surface area contributed by atoms with Crippen LogP contribution in [0.4, 0.5) is 0 Å². The Kier molecular flexibility index (Phi) is 2.00. The van der Waals surface area contributed by atoms with Crippen LogP contribution in [0.3, 0.4) is 0 Å². The first-order valence-electron chi connectivity index (χ1n) is 3.87. The Labute approximate surface area is 84.2 Å². The van der Waals surface area contributed by atoms with E-state index in [0.29, 0.717) is 12.1 Å². The van der Waals surface area contributed by atoms with Crippen molar-refractivity contribution in [3.05, 3.63) is 27.7 Å². The maximum Gasteiger partial charge on any atom is 0.252 e. The van der Waals surface area contributed by atoms with Crippen molar-refractivity contribution in [1.82, 2.24) is 5.32 Å². The van der Waals surface area contributed by atoms with Crippen LogP contribution in [0.25, 0.3) is 0 Å². The number of hydrogen-bond donors (Lipinski definition) is 1. The first kappa shape index (κ1) is 8.56. The van der Waals surface area contributed by atoms with Crippen molar-refractivity contribution in [2.75, 3.05) is 7.11 Å². The molecule has 0 fully saturated rings. The molecule has 13 heavy (non-hydrogen) atoms. The predicted molar refractivity (Wildman–Crippen MR) is 51.9 cm³/mol. The molecule has 1 aliphatic rings. The summed E-state index contributed by atoms with van der Waals surface area (Å²) in [5.41, 5.74) is 1.64. The summed E-state index contributed by atoms with van der Waals surface area (Å²) in [5, 5.41) is 2.75. The Balaban J connectivity index is 2.64. The Morgan fingerprint density at radius 3 is 3.00 bits per heavy atom. The third-order valence-electron chi connectivity index (χ3n) is 2.09. The molecule has 0 spiro atoms. The number of amides is 1. The molecule has 0 unspecified atom stereocenters. The van der Waals surface area contributed by atoms with Crippen LogP contribution < -0.4 is 10.1 Å². The topological polar surface area (TPSA) is 38.3 Å². The molecule has 2 rings (SSSR count). The quantitative estimate of drug-likeness (QED) is 0.813. The van der Waals surface area contributed by atoms with Gasteiger partial charge in [0, 0.05) is 17.7 Å². The lowest BCUT2D eigenvalue weighted by Crippen LogP contribution is -2.12. The van der Waals surface area contributed by atoms with Gasteiger partial charge in [0.2, 0.25) is 0 Å². The SMILES string of the molecule is COc1c(Br)ccc2c1CNC2=O. The van der Waals surface area contributed by atoms with E-state index >= 15 is 0 Å². The fourth-order valence-corrected chi connectivity index (χ4v) is 2.01. The summed E-state index contributed by atoms with van der Waals surface area (Å²) in [6.07, 6.45) is 0. The van der Waals surface area contributed by atoms with Crippen LogP contribution in [0.5, 0.6) is 5.75 Å². The Hall–Kier alpha value is -1.03. The first-order valence-corrected chi connectivity index (χ1v) is 4.67. The normalized spacial score (nSPS) is 13.8. The van der Waals surface area contributed by atoms with Crippen LogP contribution in [-0.2, 0) is 6.54 Å². The molecule has 1 aromatic carbocycles. The second kappa shape index (κ2) is 3.03. The highest BCUT2D eigenvalue weighted by Gasteiger charge is 2.23. The zero-order valence-corrected chi connectivity index (χ0v) is 8.64. The average molecular weight is 242 g/mol. The lowest BCUT2D eigenvalue weighted by molar-refractivity contribution is 0.0966. The number of hydrogen-bond acceptors (Lipinski definition) is 2. The van der Waals surface area contributed by atoms with Crippen molar-refractivity contribution in [3.63, 3.8) is 0 Å². The highest BCUT2D eigenvalue weighted by Crippen LogP contribution is 2.33. The molecular formula is C9H8BrNO2. The van der Waals surface area contributed by atoms with E-state index in [1.54, 1.807) is 13.2 Å². The molecule has 0 bridgehead atoms. The van der Waals surface area contributed by atoms with Crippen molar-refractivity contribution in [1.29, 1.82) is 0 Å². The van der Waals surface area contributed by atoms with Gasteiger partial charge < -0.3 is 10.1 Å². The van der Waals surface area contributed by atoms with Crippen LogP contribution in [0.1, 0.15) is 15.9 Å². The lowest BCUT2D eigenvalue weighted by Gasteiger charge is -2.06. The van der Waals surface area contributed by atoms with E-state index in [1.807, 2.05) is 6.07 Å². The molecule has 1 aromatic rings. The van der Waals surface area contributed by atoms with Gasteiger partial charge in [0.1, 0.15) is 5.75 Å². The smallest absolute Gasteiger partial charge is 0.252 e. The van der Waals surface area contributed by atoms with Gasteiger partial charge in [-0.25, -0.2) is 0 Å². The van der Waals surface area contributed by atoms with Crippen molar-refractivity contribution in [2.45, 2.75) is 6.54 Å². The summed E-state index contributed by atoms with van der Waals surface area (Å²) in [6, 6.07) is 3.62. The van der Waals surface area contributed by atoms with Gasteiger partial charge in [-0.3, -0.25) is 4.79 Å². The molecule has 4 heteroatoms. The minimum Gasteiger partial charge on any atom is -0.495 e. The molecule has 0 aromatic heterocycles. The average Bonchev–Trinajstić information content (AvgIpc) is 2.48. The minimum atomic E-state index is -0.0270. The van der Waals surface area contributed by atoms with Crippen molar-refractivity contribution in [3.8, 4) is 5.75 Å². The van der Waals surface area contributed by atoms with Gasteiger partial charge >= 0.3 is 0 Å². The second-order valence-corrected chi connectivity index (χ2v) is 3.64. The highest BCUT2D eigenvalue weighted by atomic mass is 79.9. The van der Waals surface area contributed by atoms with Crippen LogP contribution >= 0.6 is 15.9 Å². The molecule has 1 heterocycles. The summed E-state index contributed by atoms with van der Waals surface area (Å²) < 4.78 is 6.08. The third kappa shape index (κ3) is 1.21. The standard InChI is InChI=1S/C9H8BrNO2/c1-13-8-6-4-11-9(12)5(6)2-3-7(8)10/h2-3H,4H2,1H3,(H,11,12). The van der Waals surface area contributed by atoms with Gasteiger partial charge in [0.05, 0.1) is 11.6 Å². The molecule has 1 amide bonds. The van der Waals surface area contributed by atoms with Crippen molar-refractivity contribution < 1.29 is 9.53 Å². The molecule has 68 valence electrons. The molecule has 0 atom stereocenters. The first-order chi connectivity index (χ1) is 6.24. The summed E-state index contributed by atoms with van der Waals surface area (Å²) >= 11 is 3.37. The third-order valence-corrected chi connectivity index (χ3v) is 2.71. The largest absolute Gasteiger partial charge is 0.495 e. The number of fused-ring (bicyclic) bond motifs is 1. The highest BCUT2D eigenvalue weighted by molar-refractivity contribution is 9.10. The fourth-order valence-electron chi connectivity index (χ4n) is 1.47. The number of methoxy groups -OCH3 is 1. The van der Waals surface area contributed by atoms with E-state index in [0.717, 1.165) is 15.8 Å². The van der Waals surface area contributed by atoms with Gasteiger partial charge in [-0.05, 0) is 28.1 Å². The zero-order valence-electron chi connectivity index (χ0n) is 7.06. The summed E-state index contributed by atoms with van der Waals surface area (Å²) in [6.45, 7) is 0.552. The fraction of sp³-hybridized carbons (Fsp3) is 0.222. The van der Waals surface area contributed by atoms with E-state index < -0.39 is 0 Å². The number of rotatable bonds is 1. The van der Waals surface area contributed by atoms with Gasteiger partial charge in [-0.1, -0.05) is 0 Å². The molecule has 0 saturated carbocycles. The second-order valence-electron chi connectivity index (χ2n) is 2.79. The maximum atomic E-state index is 11.3. The minimum absolute atomic E-state index is 0.0270. The Morgan fingerprint density at radius 2 is 2.31 bits per heavy atom. The van der Waals surface area contributed by atoms with Crippen LogP contribution in [0, 0.1) is 0 Å². The number of carbonyl (C=O) groups excluding carboxylic acids is 1. The van der Waals surface area contributed by atoms with E-state index in [-0.39, 0.29) is 5.91 Å². The van der Waals surface area contributed by atoms with Crippen LogP contribution in [0.2, 0.25) is 0 Å². The maximum absolute atomic E-state index is 11.3. The van der Waals surface area contributed by atoms with Gasteiger partial charge in [-0.2, -0.15) is 0 Å². The summed E-state index contributed by atoms with van der Waals surface area (Å²) in [7, 11) is 1.60. The summed E-state index contributed by atoms with van der Waals surface area (Å²) in [4.78, 5) is 11.3. The van der Waals surface area contributed by atoms with Crippen LogP contribution in [0.15, 0.2) is 16.6 Å². The van der Waals surface area contributed by atoms with Gasteiger partial charge in [0.15, 0.2) is 0 Å². The van der Waals surface area contributed by atoms with Crippen molar-refractivity contribution >= 4 is 21.8 Å². The molecule has 0 saturated heterocycles. The van der Waals surface area contributed by atoms with Crippen LogP contribution in [-0.4, -0.2) is 13.0 Å². The number of halogens is 1. The van der Waals surface area contributed by atoms with E-state index in [4.69, 9.17) is 4.74 Å². The molecule has 3 nitrogen and oxygen atoms in total. The van der Waals surface area contributed by atoms with E-state index in [1.165, 1.54) is 0 Å². The number of nitrogens with one attached hydrogen (secondary N) is 1.